The lowest BCUT2D eigenvalue weighted by Gasteiger charge is -2.09. The fourth-order valence-corrected chi connectivity index (χ4v) is 4.73. The van der Waals surface area contributed by atoms with E-state index in [1.165, 1.54) is 23.5 Å². The molecular formula is C25H18O5S. The number of ketones is 1. The minimum atomic E-state index is -1.03. The lowest BCUT2D eigenvalue weighted by molar-refractivity contribution is -0.131. The van der Waals surface area contributed by atoms with Gasteiger partial charge in [-0.25, -0.2) is 4.79 Å². The van der Waals surface area contributed by atoms with E-state index in [9.17, 15) is 19.8 Å². The van der Waals surface area contributed by atoms with Crippen molar-refractivity contribution in [3.63, 3.8) is 0 Å². The van der Waals surface area contributed by atoms with Gasteiger partial charge in [-0.05, 0) is 54.0 Å². The second-order valence-electron chi connectivity index (χ2n) is 7.08. The van der Waals surface area contributed by atoms with Crippen LogP contribution in [-0.2, 0) is 4.79 Å². The lowest BCUT2D eigenvalue weighted by atomic mass is 9.95. The predicted octanol–water partition coefficient (Wildman–Crippen LogP) is 5.62. The highest BCUT2D eigenvalue weighted by atomic mass is 32.1. The van der Waals surface area contributed by atoms with Gasteiger partial charge in [-0.15, -0.1) is 11.3 Å². The van der Waals surface area contributed by atoms with Crippen LogP contribution in [-0.4, -0.2) is 27.1 Å². The van der Waals surface area contributed by atoms with Gasteiger partial charge in [0.2, 0.25) is 5.78 Å². The fraction of sp³-hybridized carbons (Fsp3) is 0.0400. The fourth-order valence-electron chi connectivity index (χ4n) is 3.52. The molecule has 31 heavy (non-hydrogen) atoms. The molecule has 3 N–H and O–H groups in total. The maximum atomic E-state index is 13.5. The van der Waals surface area contributed by atoms with Crippen molar-refractivity contribution in [2.24, 2.45) is 0 Å². The number of hydrogen-bond acceptors (Lipinski definition) is 5. The number of fused-ring (bicyclic) bond motifs is 1. The molecule has 4 rings (SSSR count). The SMILES string of the molecule is Cc1cccc(O)c1C(=O)c1sc2cc(O)ccc2c1-c1ccc(/C=C/C(=O)O)cc1. The second kappa shape index (κ2) is 8.08. The quantitative estimate of drug-likeness (QED) is 0.282. The van der Waals surface area contributed by atoms with Gasteiger partial charge in [-0.1, -0.05) is 36.4 Å². The highest BCUT2D eigenvalue weighted by molar-refractivity contribution is 7.21. The summed E-state index contributed by atoms with van der Waals surface area (Å²) in [6, 6.07) is 17.1. The molecule has 154 valence electrons. The van der Waals surface area contributed by atoms with Gasteiger partial charge in [-0.3, -0.25) is 4.79 Å². The first kappa shape index (κ1) is 20.4. The molecule has 0 amide bonds. The summed E-state index contributed by atoms with van der Waals surface area (Å²) in [5.74, 6) is -1.29. The Bertz CT molecular complexity index is 1330. The topological polar surface area (TPSA) is 94.8 Å². The Labute approximate surface area is 182 Å². The standard InChI is InChI=1S/C25H18O5S/c1-14-3-2-4-19(27)22(14)24(30)25-23(18-11-10-17(26)13-20(18)31-25)16-8-5-15(6-9-16)7-12-21(28)29/h2-13,26-27H,1H3,(H,28,29)/b12-7+. The normalized spacial score (nSPS) is 11.3. The van der Waals surface area contributed by atoms with Crippen molar-refractivity contribution < 1.29 is 24.9 Å². The molecule has 0 aliphatic heterocycles. The van der Waals surface area contributed by atoms with Crippen molar-refractivity contribution >= 4 is 39.3 Å². The van der Waals surface area contributed by atoms with Crippen LogP contribution in [0.5, 0.6) is 11.5 Å². The van der Waals surface area contributed by atoms with Crippen molar-refractivity contribution in [1.29, 1.82) is 0 Å². The van der Waals surface area contributed by atoms with Crippen LogP contribution in [0.15, 0.2) is 66.7 Å². The summed E-state index contributed by atoms with van der Waals surface area (Å²) in [6.07, 6.45) is 2.56. The third kappa shape index (κ3) is 3.93. The Balaban J connectivity index is 1.90. The Hall–Kier alpha value is -3.90. The molecule has 0 saturated heterocycles. The molecule has 6 heteroatoms. The lowest BCUT2D eigenvalue weighted by Crippen LogP contribution is -2.03. The molecule has 0 saturated carbocycles. The van der Waals surface area contributed by atoms with E-state index in [0.717, 1.165) is 21.7 Å². The number of phenols is 2. The van der Waals surface area contributed by atoms with Gasteiger partial charge in [-0.2, -0.15) is 0 Å². The molecule has 1 heterocycles. The van der Waals surface area contributed by atoms with Crippen molar-refractivity contribution in [3.05, 3.63) is 88.3 Å². The number of aryl methyl sites for hydroxylation is 1. The Morgan fingerprint density at radius 3 is 2.39 bits per heavy atom. The van der Waals surface area contributed by atoms with E-state index in [4.69, 9.17) is 5.11 Å². The molecule has 4 aromatic rings. The van der Waals surface area contributed by atoms with E-state index in [0.29, 0.717) is 21.6 Å². The van der Waals surface area contributed by atoms with Gasteiger partial charge in [0.15, 0.2) is 0 Å². The number of thiophene rings is 1. The van der Waals surface area contributed by atoms with E-state index in [1.54, 1.807) is 49.4 Å². The smallest absolute Gasteiger partial charge is 0.328 e. The molecule has 1 aromatic heterocycles. The van der Waals surface area contributed by atoms with Gasteiger partial charge >= 0.3 is 5.97 Å². The van der Waals surface area contributed by atoms with Crippen LogP contribution in [0.3, 0.4) is 0 Å². The number of hydrogen-bond donors (Lipinski definition) is 3. The van der Waals surface area contributed by atoms with Gasteiger partial charge in [0, 0.05) is 21.7 Å². The van der Waals surface area contributed by atoms with E-state index in [-0.39, 0.29) is 22.8 Å². The predicted molar refractivity (Wildman–Crippen MR) is 122 cm³/mol. The highest BCUT2D eigenvalue weighted by Gasteiger charge is 2.24. The number of aromatic hydroxyl groups is 2. The van der Waals surface area contributed by atoms with Crippen LogP contribution in [0.25, 0.3) is 27.3 Å². The van der Waals surface area contributed by atoms with E-state index >= 15 is 0 Å². The van der Waals surface area contributed by atoms with Crippen molar-refractivity contribution in [1.82, 2.24) is 0 Å². The summed E-state index contributed by atoms with van der Waals surface area (Å²) < 4.78 is 0.751. The Morgan fingerprint density at radius 1 is 0.968 bits per heavy atom. The largest absolute Gasteiger partial charge is 0.508 e. The number of carbonyl (C=O) groups excluding carboxylic acids is 1. The average Bonchev–Trinajstić information content (AvgIpc) is 3.11. The number of rotatable bonds is 5. The van der Waals surface area contributed by atoms with Crippen molar-refractivity contribution in [2.75, 3.05) is 0 Å². The molecule has 0 spiro atoms. The first-order valence-electron chi connectivity index (χ1n) is 9.45. The monoisotopic (exact) mass is 430 g/mol. The number of carbonyl (C=O) groups is 2. The summed E-state index contributed by atoms with van der Waals surface area (Å²) in [6.45, 7) is 1.77. The van der Waals surface area contributed by atoms with Gasteiger partial charge < -0.3 is 15.3 Å². The Kier molecular flexibility index (Phi) is 5.31. The molecule has 0 aliphatic rings. The second-order valence-corrected chi connectivity index (χ2v) is 8.13. The highest BCUT2D eigenvalue weighted by Crippen LogP contribution is 2.42. The van der Waals surface area contributed by atoms with E-state index in [1.807, 2.05) is 12.1 Å². The van der Waals surface area contributed by atoms with Crippen LogP contribution in [0.2, 0.25) is 0 Å². The number of carboxylic acids is 1. The minimum absolute atomic E-state index is 0.0783. The van der Waals surface area contributed by atoms with Crippen LogP contribution in [0.4, 0.5) is 0 Å². The van der Waals surface area contributed by atoms with Gasteiger partial charge in [0.1, 0.15) is 11.5 Å². The minimum Gasteiger partial charge on any atom is -0.508 e. The van der Waals surface area contributed by atoms with Crippen LogP contribution >= 0.6 is 11.3 Å². The van der Waals surface area contributed by atoms with Crippen LogP contribution in [0, 0.1) is 6.92 Å². The number of benzene rings is 3. The maximum absolute atomic E-state index is 13.5. The van der Waals surface area contributed by atoms with Gasteiger partial charge in [0.25, 0.3) is 0 Å². The average molecular weight is 430 g/mol. The first-order chi connectivity index (χ1) is 14.8. The maximum Gasteiger partial charge on any atom is 0.328 e. The summed E-state index contributed by atoms with van der Waals surface area (Å²) in [5, 5.41) is 29.9. The third-order valence-electron chi connectivity index (χ3n) is 4.98. The number of aliphatic carboxylic acids is 1. The summed E-state index contributed by atoms with van der Waals surface area (Å²) in [7, 11) is 0. The first-order valence-corrected chi connectivity index (χ1v) is 10.3. The Morgan fingerprint density at radius 2 is 1.71 bits per heavy atom. The summed E-state index contributed by atoms with van der Waals surface area (Å²) in [4.78, 5) is 24.7. The molecular weight excluding hydrogens is 412 g/mol. The zero-order chi connectivity index (χ0) is 22.1. The zero-order valence-electron chi connectivity index (χ0n) is 16.5. The van der Waals surface area contributed by atoms with Crippen molar-refractivity contribution in [3.8, 4) is 22.6 Å². The van der Waals surface area contributed by atoms with Crippen molar-refractivity contribution in [2.45, 2.75) is 6.92 Å². The molecule has 0 unspecified atom stereocenters. The molecule has 0 aliphatic carbocycles. The molecule has 0 atom stereocenters. The molecule has 0 fully saturated rings. The van der Waals surface area contributed by atoms with Crippen LogP contribution < -0.4 is 0 Å². The zero-order valence-corrected chi connectivity index (χ0v) is 17.3. The summed E-state index contributed by atoms with van der Waals surface area (Å²) in [5.41, 5.74) is 3.13. The van der Waals surface area contributed by atoms with E-state index < -0.39 is 5.97 Å². The molecule has 5 nitrogen and oxygen atoms in total. The molecule has 0 bridgehead atoms. The molecule has 0 radical (unpaired) electrons. The summed E-state index contributed by atoms with van der Waals surface area (Å²) >= 11 is 1.26. The molecule has 3 aromatic carbocycles. The number of phenolic OH excluding ortho intramolecular Hbond substituents is 2. The van der Waals surface area contributed by atoms with Crippen LogP contribution in [0.1, 0.15) is 26.4 Å². The van der Waals surface area contributed by atoms with E-state index in [2.05, 4.69) is 0 Å². The third-order valence-corrected chi connectivity index (χ3v) is 6.13. The number of carboxylic acid groups (broad SMARTS) is 1. The van der Waals surface area contributed by atoms with Gasteiger partial charge in [0.05, 0.1) is 10.4 Å².